The molecule has 1 atom stereocenters. The van der Waals surface area contributed by atoms with Crippen LogP contribution >= 0.6 is 27.3 Å². The molecule has 10 heteroatoms. The van der Waals surface area contributed by atoms with Crippen LogP contribution in [-0.4, -0.2) is 28.6 Å². The average molecular weight is 483 g/mol. The highest BCUT2D eigenvalue weighted by Gasteiger charge is 2.36. The molecule has 2 aromatic carbocycles. The minimum atomic E-state index is -1.27. The summed E-state index contributed by atoms with van der Waals surface area (Å²) in [6.45, 7) is 1.70. The molecule has 4 rings (SSSR count). The van der Waals surface area contributed by atoms with Gasteiger partial charge in [-0.3, -0.25) is 4.79 Å². The molecule has 0 fully saturated rings. The lowest BCUT2D eigenvalue weighted by Gasteiger charge is -2.08. The van der Waals surface area contributed by atoms with Gasteiger partial charge in [0.15, 0.2) is 6.04 Å². The summed E-state index contributed by atoms with van der Waals surface area (Å²) in [5.41, 5.74) is 2.65. The molecule has 0 radical (unpaired) electrons. The molecule has 0 saturated carbocycles. The fraction of sp³-hybridized carbons (Fsp3) is 0.100. The number of carbonyl (C=O) groups excluding carboxylic acids is 2. The van der Waals surface area contributed by atoms with Crippen molar-refractivity contribution in [3.63, 3.8) is 0 Å². The Balaban J connectivity index is 1.51. The van der Waals surface area contributed by atoms with E-state index in [2.05, 4.69) is 36.2 Å². The van der Waals surface area contributed by atoms with Crippen LogP contribution < -0.4 is 10.1 Å². The number of nitrogens with zero attached hydrogens (tertiary/aromatic N) is 5. The lowest BCUT2D eigenvalue weighted by Crippen LogP contribution is -2.29. The monoisotopic (exact) mass is 482 g/mol. The molecule has 1 aromatic heterocycles. The Kier molecular flexibility index (Phi) is 5.51. The summed E-state index contributed by atoms with van der Waals surface area (Å²) in [4.78, 5) is 28.1. The quantitative estimate of drug-likeness (QED) is 0.514. The van der Waals surface area contributed by atoms with Gasteiger partial charge in [0, 0.05) is 15.4 Å². The Morgan fingerprint density at radius 1 is 1.17 bits per heavy atom. The Morgan fingerprint density at radius 2 is 1.87 bits per heavy atom. The van der Waals surface area contributed by atoms with Crippen LogP contribution in [0.1, 0.15) is 17.3 Å². The van der Waals surface area contributed by atoms with E-state index in [1.54, 1.807) is 6.92 Å². The summed E-state index contributed by atoms with van der Waals surface area (Å²) in [5.74, 6) is -1.62. The van der Waals surface area contributed by atoms with Gasteiger partial charge < -0.3 is 9.90 Å². The number of hydrogen-bond donors (Lipinski definition) is 0. The van der Waals surface area contributed by atoms with Crippen LogP contribution in [0.4, 0.5) is 10.8 Å². The Hall–Kier alpha value is -3.24. The lowest BCUT2D eigenvalue weighted by atomic mass is 10.2. The molecule has 150 valence electrons. The number of amides is 1. The first-order valence-corrected chi connectivity index (χ1v) is 10.4. The van der Waals surface area contributed by atoms with Gasteiger partial charge in [0.2, 0.25) is 5.13 Å². The minimum Gasteiger partial charge on any atom is -0.545 e. The van der Waals surface area contributed by atoms with Crippen LogP contribution in [0.2, 0.25) is 0 Å². The van der Waals surface area contributed by atoms with E-state index in [4.69, 9.17) is 0 Å². The van der Waals surface area contributed by atoms with E-state index in [1.165, 1.54) is 40.6 Å². The average Bonchev–Trinajstić information content (AvgIpc) is 3.32. The molecule has 1 amide bonds. The number of hydrogen-bond acceptors (Lipinski definition) is 8. The molecule has 8 nitrogen and oxygen atoms in total. The number of halogens is 1. The molecule has 0 aliphatic carbocycles. The number of azo groups is 1. The van der Waals surface area contributed by atoms with Crippen LogP contribution in [0, 0.1) is 0 Å². The van der Waals surface area contributed by atoms with Crippen molar-refractivity contribution in [3.05, 3.63) is 63.9 Å². The van der Waals surface area contributed by atoms with Crippen LogP contribution in [0.3, 0.4) is 0 Å². The van der Waals surface area contributed by atoms with E-state index in [1.807, 2.05) is 29.6 Å². The normalized spacial score (nSPS) is 16.3. The summed E-state index contributed by atoms with van der Waals surface area (Å²) >= 11 is 4.72. The topological polar surface area (TPSA) is 110 Å². The number of benzene rings is 2. The third-order valence-electron chi connectivity index (χ3n) is 4.30. The first-order valence-electron chi connectivity index (χ1n) is 8.75. The molecule has 30 heavy (non-hydrogen) atoms. The van der Waals surface area contributed by atoms with Gasteiger partial charge in [-0.15, -0.1) is 11.3 Å². The summed E-state index contributed by atoms with van der Waals surface area (Å²) < 4.78 is 0.971. The van der Waals surface area contributed by atoms with E-state index in [0.29, 0.717) is 16.5 Å². The molecule has 0 bridgehead atoms. The zero-order valence-electron chi connectivity index (χ0n) is 15.5. The van der Waals surface area contributed by atoms with Gasteiger partial charge in [-0.25, -0.2) is 4.98 Å². The van der Waals surface area contributed by atoms with Crippen molar-refractivity contribution in [2.45, 2.75) is 13.0 Å². The molecular weight excluding hydrogens is 470 g/mol. The van der Waals surface area contributed by atoms with Gasteiger partial charge >= 0.3 is 0 Å². The van der Waals surface area contributed by atoms with Gasteiger partial charge in [0.1, 0.15) is 0 Å². The predicted octanol–water partition coefficient (Wildman–Crippen LogP) is 3.81. The SMILES string of the molecule is CC1=NN(c2nc(-c3ccc(Br)cc3)cs2)C(=O)[C@H]1N=Nc1ccc(C(=O)[O-])cc1. The van der Waals surface area contributed by atoms with Crippen molar-refractivity contribution in [3.8, 4) is 11.3 Å². The summed E-state index contributed by atoms with van der Waals surface area (Å²) in [6, 6.07) is 12.6. The molecule has 3 aromatic rings. The van der Waals surface area contributed by atoms with Crippen molar-refractivity contribution in [2.24, 2.45) is 15.3 Å². The van der Waals surface area contributed by atoms with Gasteiger partial charge in [-0.05, 0) is 36.8 Å². The molecule has 1 aliphatic heterocycles. The van der Waals surface area contributed by atoms with Gasteiger partial charge in [0.25, 0.3) is 5.91 Å². The number of carboxylic acid groups (broad SMARTS) is 1. The maximum absolute atomic E-state index is 12.8. The number of aromatic nitrogens is 1. The van der Waals surface area contributed by atoms with Crippen LogP contribution in [-0.2, 0) is 4.79 Å². The van der Waals surface area contributed by atoms with Crippen LogP contribution in [0.15, 0.2) is 73.7 Å². The minimum absolute atomic E-state index is 0.0418. The van der Waals surface area contributed by atoms with Crippen molar-refractivity contribution in [1.82, 2.24) is 4.98 Å². The number of carboxylic acids is 1. The third-order valence-corrected chi connectivity index (χ3v) is 5.65. The van der Waals surface area contributed by atoms with Crippen molar-refractivity contribution in [2.75, 3.05) is 5.01 Å². The second kappa shape index (κ2) is 8.25. The first-order chi connectivity index (χ1) is 14.4. The highest BCUT2D eigenvalue weighted by Crippen LogP contribution is 2.31. The van der Waals surface area contributed by atoms with E-state index in [0.717, 1.165) is 15.7 Å². The van der Waals surface area contributed by atoms with Gasteiger partial charge in [-0.1, -0.05) is 40.2 Å². The largest absolute Gasteiger partial charge is 0.545 e. The predicted molar refractivity (Wildman–Crippen MR) is 115 cm³/mol. The van der Waals surface area contributed by atoms with Crippen LogP contribution in [0.25, 0.3) is 11.3 Å². The summed E-state index contributed by atoms with van der Waals surface area (Å²) in [7, 11) is 0. The fourth-order valence-electron chi connectivity index (χ4n) is 2.73. The van der Waals surface area contributed by atoms with Gasteiger partial charge in [-0.2, -0.15) is 20.3 Å². The molecule has 1 aliphatic rings. The highest BCUT2D eigenvalue weighted by atomic mass is 79.9. The zero-order chi connectivity index (χ0) is 21.3. The van der Waals surface area contributed by atoms with Gasteiger partial charge in [0.05, 0.1) is 23.1 Å². The Morgan fingerprint density at radius 3 is 2.53 bits per heavy atom. The zero-order valence-corrected chi connectivity index (χ0v) is 17.9. The maximum Gasteiger partial charge on any atom is 0.282 e. The second-order valence-electron chi connectivity index (χ2n) is 6.37. The number of carbonyl (C=O) groups is 2. The number of aromatic carboxylic acids is 1. The Labute approximate surface area is 183 Å². The highest BCUT2D eigenvalue weighted by molar-refractivity contribution is 9.10. The fourth-order valence-corrected chi connectivity index (χ4v) is 3.78. The molecule has 0 unspecified atom stereocenters. The van der Waals surface area contributed by atoms with Crippen molar-refractivity contribution in [1.29, 1.82) is 0 Å². The smallest absolute Gasteiger partial charge is 0.282 e. The third kappa shape index (κ3) is 4.05. The summed E-state index contributed by atoms with van der Waals surface area (Å²) in [6.07, 6.45) is 0. The molecular formula is C20H13BrN5O3S-. The molecule has 2 heterocycles. The Bertz CT molecular complexity index is 1170. The second-order valence-corrected chi connectivity index (χ2v) is 8.12. The summed E-state index contributed by atoms with van der Waals surface area (Å²) in [5, 5.41) is 26.8. The van der Waals surface area contributed by atoms with E-state index in [-0.39, 0.29) is 11.5 Å². The van der Waals surface area contributed by atoms with E-state index in [9.17, 15) is 14.7 Å². The van der Waals surface area contributed by atoms with E-state index < -0.39 is 12.0 Å². The molecule has 0 saturated heterocycles. The first kappa shape index (κ1) is 20.0. The lowest BCUT2D eigenvalue weighted by molar-refractivity contribution is -0.255. The number of hydrazone groups is 1. The van der Waals surface area contributed by atoms with Crippen molar-refractivity contribution >= 4 is 55.7 Å². The van der Waals surface area contributed by atoms with E-state index >= 15 is 0 Å². The number of thiazole rings is 1. The number of rotatable bonds is 5. The molecule has 0 N–H and O–H groups in total. The molecule has 0 spiro atoms. The standard InChI is InChI=1S/C20H14BrN5O3S/c1-11-17(24-23-15-8-4-13(5-9-15)19(28)29)18(27)26(25-11)20-22-16(10-30-20)12-2-6-14(21)7-3-12/h2-10,17H,1H3,(H,28,29)/p-1/t17-/m0/s1. The maximum atomic E-state index is 12.8. The van der Waals surface area contributed by atoms with Crippen LogP contribution in [0.5, 0.6) is 0 Å². The van der Waals surface area contributed by atoms with Crippen molar-refractivity contribution < 1.29 is 14.7 Å². The number of anilines is 1.